The van der Waals surface area contributed by atoms with Crippen LogP contribution in [0.15, 0.2) is 0 Å². The molecule has 1 rings (SSSR count). The summed E-state index contributed by atoms with van der Waals surface area (Å²) in [4.78, 5) is 0. The molecule has 14 heavy (non-hydrogen) atoms. The second kappa shape index (κ2) is 5.39. The van der Waals surface area contributed by atoms with Crippen LogP contribution in [-0.4, -0.2) is 95.8 Å². The summed E-state index contributed by atoms with van der Waals surface area (Å²) in [5, 5.41) is -0.938. The van der Waals surface area contributed by atoms with Gasteiger partial charge in [-0.05, 0) is 0 Å². The average Bonchev–Trinajstić information content (AvgIpc) is 2.00. The maximum Gasteiger partial charge on any atom is 0.397 e. The van der Waals surface area contributed by atoms with Gasteiger partial charge in [0.25, 0.3) is 0 Å². The van der Waals surface area contributed by atoms with Crippen molar-refractivity contribution < 1.29 is 25.6 Å². The van der Waals surface area contributed by atoms with Gasteiger partial charge in [-0.1, -0.05) is 0 Å². The molecule has 0 aromatic carbocycles. The molecular weight excluding hydrogens is 283 g/mol. The Labute approximate surface area is 130 Å². The van der Waals surface area contributed by atoms with Gasteiger partial charge < -0.3 is 0 Å². The van der Waals surface area contributed by atoms with Gasteiger partial charge in [-0.2, -0.15) is 8.42 Å². The second-order valence-corrected chi connectivity index (χ2v) is 6.42. The summed E-state index contributed by atoms with van der Waals surface area (Å²) in [6, 6.07) is 0. The normalized spacial score (nSPS) is 31.0. The summed E-state index contributed by atoms with van der Waals surface area (Å²) in [6.07, 6.45) is -1.19. The van der Waals surface area contributed by atoms with E-state index in [0.717, 1.165) is 0 Å². The van der Waals surface area contributed by atoms with Gasteiger partial charge in [0, 0.05) is 51.4 Å². The molecule has 1 aliphatic rings. The van der Waals surface area contributed by atoms with Crippen LogP contribution in [0, 0.1) is 0 Å². The first kappa shape index (κ1) is 15.7. The van der Waals surface area contributed by atoms with Crippen LogP contribution >= 0.6 is 11.6 Å². The van der Waals surface area contributed by atoms with Crippen LogP contribution in [0.2, 0.25) is 0 Å². The zero-order chi connectivity index (χ0) is 10.3. The van der Waals surface area contributed by atoms with Crippen LogP contribution < -0.4 is 0 Å². The van der Waals surface area contributed by atoms with E-state index < -0.39 is 37.5 Å². The second-order valence-electron chi connectivity index (χ2n) is 2.66. The predicted octanol–water partition coefficient (Wildman–Crippen LogP) is -1.17. The van der Waals surface area contributed by atoms with E-state index in [1.165, 1.54) is 0 Å². The zero-order valence-electron chi connectivity index (χ0n) is 7.25. The van der Waals surface area contributed by atoms with E-state index in [-0.39, 0.29) is 57.1 Å². The summed E-state index contributed by atoms with van der Waals surface area (Å²) in [6.45, 7) is 0. The predicted molar refractivity (Wildman–Crippen MR) is 50.5 cm³/mol. The molecule has 1 N–H and O–H groups in total. The largest absolute Gasteiger partial charge is 0.397 e. The molecule has 0 saturated carbocycles. The molecule has 1 radical (unpaired) electrons. The van der Waals surface area contributed by atoms with E-state index in [1.54, 1.807) is 0 Å². The molecule has 0 spiro atoms. The molecule has 1 saturated heterocycles. The fraction of sp³-hybridized carbons (Fsp3) is 1.00. The van der Waals surface area contributed by atoms with Crippen LogP contribution in [0.25, 0.3) is 0 Å². The van der Waals surface area contributed by atoms with Crippen LogP contribution in [0.1, 0.15) is 0 Å². The molecular formula is C4H7ClKO6S2. The number of rotatable bonds is 2. The minimum Gasteiger partial charge on any atom is -0.264 e. The number of sulfone groups is 1. The summed E-state index contributed by atoms with van der Waals surface area (Å²) >= 11 is 5.49. The van der Waals surface area contributed by atoms with Crippen molar-refractivity contribution in [2.75, 3.05) is 11.5 Å². The fourth-order valence-corrected chi connectivity index (χ4v) is 4.14. The molecule has 1 aliphatic heterocycles. The Morgan fingerprint density at radius 3 is 2.14 bits per heavy atom. The third kappa shape index (κ3) is 5.19. The van der Waals surface area contributed by atoms with E-state index in [9.17, 15) is 16.8 Å². The molecule has 2 unspecified atom stereocenters. The van der Waals surface area contributed by atoms with Gasteiger partial charge in [-0.15, -0.1) is 11.6 Å². The van der Waals surface area contributed by atoms with Crippen molar-refractivity contribution in [3.05, 3.63) is 0 Å². The third-order valence-corrected chi connectivity index (χ3v) is 4.29. The Hall–Kier alpha value is 1.75. The first-order chi connectivity index (χ1) is 5.70. The van der Waals surface area contributed by atoms with Crippen LogP contribution in [0.3, 0.4) is 0 Å². The topological polar surface area (TPSA) is 97.7 Å². The molecule has 0 aliphatic carbocycles. The SMILES string of the molecule is O=S1(=O)CC(Cl)C(OS(=O)(=O)O)C1.[K]. The van der Waals surface area contributed by atoms with Crippen molar-refractivity contribution in [3.8, 4) is 0 Å². The summed E-state index contributed by atoms with van der Waals surface area (Å²) in [5.74, 6) is -0.824. The Balaban J connectivity index is 0.00000169. The van der Waals surface area contributed by atoms with Crippen molar-refractivity contribution in [3.63, 3.8) is 0 Å². The molecule has 0 aromatic heterocycles. The molecule has 0 aromatic rings. The zero-order valence-corrected chi connectivity index (χ0v) is 12.8. The van der Waals surface area contributed by atoms with E-state index >= 15 is 0 Å². The van der Waals surface area contributed by atoms with Gasteiger partial charge in [0.2, 0.25) is 0 Å². The number of hydrogen-bond donors (Lipinski definition) is 1. The molecule has 1 fully saturated rings. The van der Waals surface area contributed by atoms with E-state index in [4.69, 9.17) is 16.2 Å². The van der Waals surface area contributed by atoms with Crippen LogP contribution in [0.4, 0.5) is 0 Å². The number of halogens is 1. The maximum absolute atomic E-state index is 10.9. The molecule has 79 valence electrons. The van der Waals surface area contributed by atoms with Crippen molar-refractivity contribution in [2.24, 2.45) is 0 Å². The minimum atomic E-state index is -4.64. The van der Waals surface area contributed by atoms with E-state index in [0.29, 0.717) is 0 Å². The Morgan fingerprint density at radius 2 is 1.86 bits per heavy atom. The molecule has 6 nitrogen and oxygen atoms in total. The molecule has 2 atom stereocenters. The third-order valence-electron chi connectivity index (χ3n) is 1.48. The van der Waals surface area contributed by atoms with Crippen molar-refractivity contribution in [1.29, 1.82) is 0 Å². The van der Waals surface area contributed by atoms with Gasteiger partial charge in [-0.25, -0.2) is 12.6 Å². The molecule has 0 amide bonds. The van der Waals surface area contributed by atoms with Crippen LogP contribution in [-0.2, 0) is 24.4 Å². The van der Waals surface area contributed by atoms with E-state index in [1.807, 2.05) is 0 Å². The van der Waals surface area contributed by atoms with E-state index in [2.05, 4.69) is 4.18 Å². The Morgan fingerprint density at radius 1 is 1.36 bits per heavy atom. The van der Waals surface area contributed by atoms with Gasteiger partial charge in [0.1, 0.15) is 6.10 Å². The fourth-order valence-electron chi connectivity index (χ4n) is 1.02. The van der Waals surface area contributed by atoms with Crippen LogP contribution in [0.5, 0.6) is 0 Å². The number of hydrogen-bond acceptors (Lipinski definition) is 5. The first-order valence-corrected chi connectivity index (χ1v) is 6.82. The van der Waals surface area contributed by atoms with Gasteiger partial charge >= 0.3 is 10.4 Å². The summed E-state index contributed by atoms with van der Waals surface area (Å²) < 4.78 is 54.6. The monoisotopic (exact) mass is 289 g/mol. The van der Waals surface area contributed by atoms with Crippen molar-refractivity contribution in [2.45, 2.75) is 11.5 Å². The first-order valence-electron chi connectivity index (χ1n) is 3.20. The van der Waals surface area contributed by atoms with Gasteiger partial charge in [-0.3, -0.25) is 4.55 Å². The van der Waals surface area contributed by atoms with Crippen molar-refractivity contribution in [1.82, 2.24) is 0 Å². The minimum absolute atomic E-state index is 0. The van der Waals surface area contributed by atoms with Gasteiger partial charge in [0.05, 0.1) is 16.9 Å². The standard InChI is InChI=1S/C4H7ClO6S2.K/c5-3-1-12(6,7)2-4(3)11-13(8,9)10;/h3-4H,1-2H2,(H,8,9,10);. The molecule has 1 heterocycles. The Kier molecular flexibility index (Phi) is 6.06. The quantitative estimate of drug-likeness (QED) is 0.391. The molecule has 0 bridgehead atoms. The summed E-state index contributed by atoms with van der Waals surface area (Å²) in [5.41, 5.74) is 0. The summed E-state index contributed by atoms with van der Waals surface area (Å²) in [7, 11) is -7.99. The smallest absolute Gasteiger partial charge is 0.264 e. The Bertz CT molecular complexity index is 388. The van der Waals surface area contributed by atoms with Gasteiger partial charge in [0.15, 0.2) is 9.84 Å². The molecule has 10 heteroatoms. The maximum atomic E-state index is 10.9. The van der Waals surface area contributed by atoms with Crippen molar-refractivity contribution >= 4 is 83.2 Å². The average molecular weight is 290 g/mol. The number of alkyl halides is 1.